The number of carbonyl (C=O) groups is 1. The summed E-state index contributed by atoms with van der Waals surface area (Å²) in [6, 6.07) is 0. The van der Waals surface area contributed by atoms with Gasteiger partial charge in [-0.1, -0.05) is 0 Å². The number of halogens is 6. The minimum atomic E-state index is -5.18. The van der Waals surface area contributed by atoms with Crippen molar-refractivity contribution in [3.05, 3.63) is 22.9 Å². The third kappa shape index (κ3) is 4.69. The topological polar surface area (TPSA) is 48.4 Å². The maximum Gasteiger partial charge on any atom is 0.574 e. The number of carbonyl (C=O) groups excluding carboxylic acids is 1. The van der Waals surface area contributed by atoms with Gasteiger partial charge in [-0.05, 0) is 11.1 Å². The third-order valence-corrected chi connectivity index (χ3v) is 2.67. The first kappa shape index (κ1) is 17.4. The normalized spacial score (nSPS) is 11.6. The number of pyridine rings is 1. The number of methoxy groups -OCH3 is 1. The van der Waals surface area contributed by atoms with Gasteiger partial charge in [0.2, 0.25) is 5.88 Å². The molecule has 10 heteroatoms. The Hall–Kier alpha value is -1.64. The second kappa shape index (κ2) is 6.88. The van der Waals surface area contributed by atoms with Crippen LogP contribution < -0.4 is 4.74 Å². The van der Waals surface area contributed by atoms with Crippen LogP contribution in [0.4, 0.5) is 22.0 Å². The highest BCUT2D eigenvalue weighted by molar-refractivity contribution is 6.17. The molecule has 0 bridgehead atoms. The number of rotatable bonds is 5. The summed E-state index contributed by atoms with van der Waals surface area (Å²) in [6.07, 6.45) is -8.11. The zero-order valence-corrected chi connectivity index (χ0v) is 11.3. The lowest BCUT2D eigenvalue weighted by Gasteiger charge is -2.16. The molecule has 0 aromatic carbocycles. The first-order chi connectivity index (χ1) is 9.69. The number of alkyl halides is 6. The Balaban J connectivity index is 3.34. The van der Waals surface area contributed by atoms with E-state index >= 15 is 0 Å². The van der Waals surface area contributed by atoms with E-state index in [2.05, 4.69) is 14.5 Å². The van der Waals surface area contributed by atoms with Gasteiger partial charge in [-0.15, -0.1) is 24.8 Å². The van der Waals surface area contributed by atoms with E-state index in [0.717, 1.165) is 13.3 Å². The van der Waals surface area contributed by atoms with Gasteiger partial charge in [0.05, 0.1) is 19.1 Å². The fourth-order valence-electron chi connectivity index (χ4n) is 1.54. The monoisotopic (exact) mass is 333 g/mol. The number of esters is 1. The molecule has 1 aromatic heterocycles. The summed E-state index contributed by atoms with van der Waals surface area (Å²) in [6.45, 7) is 0. The van der Waals surface area contributed by atoms with E-state index in [1.807, 2.05) is 0 Å². The van der Waals surface area contributed by atoms with Gasteiger partial charge in [-0.25, -0.2) is 13.8 Å². The summed E-state index contributed by atoms with van der Waals surface area (Å²) in [5.74, 6) is -2.60. The maximum absolute atomic E-state index is 13.0. The molecule has 0 atom stereocenters. The van der Waals surface area contributed by atoms with Crippen molar-refractivity contribution in [2.75, 3.05) is 7.11 Å². The van der Waals surface area contributed by atoms with Gasteiger partial charge in [-0.2, -0.15) is 0 Å². The third-order valence-electron chi connectivity index (χ3n) is 2.41. The number of hydrogen-bond acceptors (Lipinski definition) is 4. The van der Waals surface area contributed by atoms with Gasteiger partial charge >= 0.3 is 12.3 Å². The Morgan fingerprint density at radius 3 is 2.48 bits per heavy atom. The summed E-state index contributed by atoms with van der Waals surface area (Å²) in [7, 11) is 1.07. The van der Waals surface area contributed by atoms with Crippen LogP contribution in [-0.2, 0) is 21.8 Å². The Morgan fingerprint density at radius 2 is 2.05 bits per heavy atom. The molecule has 0 amide bonds. The van der Waals surface area contributed by atoms with Crippen LogP contribution in [0.2, 0.25) is 0 Å². The van der Waals surface area contributed by atoms with Gasteiger partial charge in [0.15, 0.2) is 0 Å². The average Bonchev–Trinajstić information content (AvgIpc) is 2.37. The van der Waals surface area contributed by atoms with Crippen LogP contribution in [0.15, 0.2) is 6.20 Å². The van der Waals surface area contributed by atoms with Crippen LogP contribution in [-0.4, -0.2) is 24.4 Å². The molecule has 1 aromatic rings. The second-order valence-electron chi connectivity index (χ2n) is 3.72. The Labute approximate surface area is 120 Å². The highest BCUT2D eigenvalue weighted by Crippen LogP contribution is 2.36. The SMILES string of the molecule is COC(=O)Cc1cnc(OC(F)(F)F)c(C(F)F)c1CCl. The van der Waals surface area contributed by atoms with E-state index in [1.165, 1.54) is 0 Å². The van der Waals surface area contributed by atoms with Crippen molar-refractivity contribution in [1.29, 1.82) is 0 Å². The molecule has 0 aliphatic rings. The largest absolute Gasteiger partial charge is 0.574 e. The van der Waals surface area contributed by atoms with Crippen LogP contribution in [0, 0.1) is 0 Å². The highest BCUT2D eigenvalue weighted by Gasteiger charge is 2.35. The van der Waals surface area contributed by atoms with Gasteiger partial charge in [0, 0.05) is 12.1 Å². The van der Waals surface area contributed by atoms with E-state index in [-0.39, 0.29) is 11.1 Å². The van der Waals surface area contributed by atoms with Gasteiger partial charge < -0.3 is 9.47 Å². The standard InChI is InChI=1S/C11H9ClF5NO3/c1-20-7(19)2-5-4-18-10(21-11(15,16)17)8(9(13)14)6(5)3-12/h4,9H,2-3H2,1H3. The number of ether oxygens (including phenoxy) is 2. The zero-order valence-electron chi connectivity index (χ0n) is 10.5. The lowest BCUT2D eigenvalue weighted by atomic mass is 10.0. The molecule has 118 valence electrons. The summed E-state index contributed by atoms with van der Waals surface area (Å²) in [5.41, 5.74) is -1.49. The summed E-state index contributed by atoms with van der Waals surface area (Å²) in [5, 5.41) is 0. The molecule has 0 aliphatic heterocycles. The van der Waals surface area contributed by atoms with Crippen LogP contribution in [0.1, 0.15) is 23.1 Å². The first-order valence-electron chi connectivity index (χ1n) is 5.37. The molecule has 1 heterocycles. The molecule has 0 saturated heterocycles. The van der Waals surface area contributed by atoms with E-state index in [1.54, 1.807) is 0 Å². The Morgan fingerprint density at radius 1 is 1.43 bits per heavy atom. The lowest BCUT2D eigenvalue weighted by Crippen LogP contribution is -2.20. The van der Waals surface area contributed by atoms with Crippen LogP contribution in [0.25, 0.3) is 0 Å². The van der Waals surface area contributed by atoms with Crippen molar-refractivity contribution in [1.82, 2.24) is 4.98 Å². The first-order valence-corrected chi connectivity index (χ1v) is 5.90. The van der Waals surface area contributed by atoms with Crippen molar-refractivity contribution in [2.45, 2.75) is 25.1 Å². The Kier molecular flexibility index (Phi) is 5.70. The molecule has 0 aliphatic carbocycles. The summed E-state index contributed by atoms with van der Waals surface area (Å²) >= 11 is 5.50. The number of hydrogen-bond donors (Lipinski definition) is 0. The fraction of sp³-hybridized carbons (Fsp3) is 0.455. The molecular formula is C11H9ClF5NO3. The van der Waals surface area contributed by atoms with Crippen LogP contribution in [0.5, 0.6) is 5.88 Å². The predicted molar refractivity (Wildman–Crippen MR) is 61.2 cm³/mol. The lowest BCUT2D eigenvalue weighted by molar-refractivity contribution is -0.276. The van der Waals surface area contributed by atoms with Gasteiger partial charge in [0.1, 0.15) is 0 Å². The predicted octanol–water partition coefficient (Wildman–Crippen LogP) is 3.37. The molecule has 1 rings (SSSR count). The molecule has 0 N–H and O–H groups in total. The smallest absolute Gasteiger partial charge is 0.469 e. The van der Waals surface area contributed by atoms with Gasteiger partial charge in [0.25, 0.3) is 6.43 Å². The molecule has 0 fully saturated rings. The van der Waals surface area contributed by atoms with E-state index in [0.29, 0.717) is 0 Å². The second-order valence-corrected chi connectivity index (χ2v) is 3.98. The maximum atomic E-state index is 13.0. The van der Waals surface area contributed by atoms with Gasteiger partial charge in [-0.3, -0.25) is 4.79 Å². The molecule has 4 nitrogen and oxygen atoms in total. The molecule has 0 saturated carbocycles. The number of nitrogens with zero attached hydrogens (tertiary/aromatic N) is 1. The Bertz CT molecular complexity index is 521. The summed E-state index contributed by atoms with van der Waals surface area (Å²) < 4.78 is 70.3. The van der Waals surface area contributed by atoms with Crippen molar-refractivity contribution in [3.63, 3.8) is 0 Å². The van der Waals surface area contributed by atoms with Crippen molar-refractivity contribution >= 4 is 17.6 Å². The van der Waals surface area contributed by atoms with E-state index in [9.17, 15) is 26.7 Å². The molecule has 0 radical (unpaired) electrons. The highest BCUT2D eigenvalue weighted by atomic mass is 35.5. The average molecular weight is 334 g/mol. The molecule has 0 spiro atoms. The minimum Gasteiger partial charge on any atom is -0.469 e. The molecule has 0 unspecified atom stereocenters. The minimum absolute atomic E-state index is 0.0540. The van der Waals surface area contributed by atoms with E-state index in [4.69, 9.17) is 11.6 Å². The molecular weight excluding hydrogens is 325 g/mol. The fourth-order valence-corrected chi connectivity index (χ4v) is 1.86. The summed E-state index contributed by atoms with van der Waals surface area (Å²) in [4.78, 5) is 14.3. The van der Waals surface area contributed by atoms with Crippen molar-refractivity contribution in [3.8, 4) is 5.88 Å². The molecule has 21 heavy (non-hydrogen) atoms. The quantitative estimate of drug-likeness (QED) is 0.471. The van der Waals surface area contributed by atoms with Crippen LogP contribution >= 0.6 is 11.6 Å². The van der Waals surface area contributed by atoms with Crippen LogP contribution in [0.3, 0.4) is 0 Å². The van der Waals surface area contributed by atoms with E-state index < -0.39 is 42.5 Å². The van der Waals surface area contributed by atoms with Crippen molar-refractivity contribution < 1.29 is 36.2 Å². The number of aromatic nitrogens is 1. The van der Waals surface area contributed by atoms with Crippen molar-refractivity contribution in [2.24, 2.45) is 0 Å². The zero-order chi connectivity index (χ0) is 16.2.